The van der Waals surface area contributed by atoms with Gasteiger partial charge in [0.05, 0.1) is 28.3 Å². The Morgan fingerprint density at radius 2 is 1.93 bits per heavy atom. The molecule has 2 aromatic rings. The minimum atomic E-state index is -0.424. The number of hydrogen-bond acceptors (Lipinski definition) is 5. The molecule has 1 saturated carbocycles. The summed E-state index contributed by atoms with van der Waals surface area (Å²) in [5.74, 6) is -0.297. The van der Waals surface area contributed by atoms with Gasteiger partial charge in [-0.3, -0.25) is 19.9 Å². The highest BCUT2D eigenvalue weighted by Gasteiger charge is 2.44. The second-order valence-corrected chi connectivity index (χ2v) is 8.06. The van der Waals surface area contributed by atoms with Crippen molar-refractivity contribution < 1.29 is 9.72 Å². The van der Waals surface area contributed by atoms with Crippen molar-refractivity contribution in [2.24, 2.45) is 16.3 Å². The number of fused-ring (bicyclic) bond motifs is 2. The molecule has 6 nitrogen and oxygen atoms in total. The first-order chi connectivity index (χ1) is 12.8. The number of nitrogens with zero attached hydrogens (tertiary/aromatic N) is 2. The molecule has 2 atom stereocenters. The van der Waals surface area contributed by atoms with Gasteiger partial charge in [-0.1, -0.05) is 38.1 Å². The number of nitrogens with one attached hydrogen (secondary N) is 1. The summed E-state index contributed by atoms with van der Waals surface area (Å²) in [6, 6.07) is 13.8. The maximum Gasteiger partial charge on any atom is 0.269 e. The largest absolute Gasteiger partial charge is 0.375 e. The number of para-hydroxylation sites is 2. The van der Waals surface area contributed by atoms with Crippen LogP contribution in [0.25, 0.3) is 0 Å². The summed E-state index contributed by atoms with van der Waals surface area (Å²) in [6.45, 7) is 4.16. The van der Waals surface area contributed by atoms with Crippen LogP contribution in [0.5, 0.6) is 0 Å². The van der Waals surface area contributed by atoms with Crippen LogP contribution in [0.2, 0.25) is 0 Å². The topological polar surface area (TPSA) is 84.6 Å². The summed E-state index contributed by atoms with van der Waals surface area (Å²) in [7, 11) is 0. The highest BCUT2D eigenvalue weighted by Crippen LogP contribution is 2.45. The van der Waals surface area contributed by atoms with Crippen molar-refractivity contribution in [3.05, 3.63) is 64.2 Å². The monoisotopic (exact) mass is 363 g/mol. The number of ketones is 1. The van der Waals surface area contributed by atoms with Crippen LogP contribution in [-0.2, 0) is 4.79 Å². The number of anilines is 1. The third-order valence-corrected chi connectivity index (χ3v) is 5.27. The molecule has 0 radical (unpaired) electrons. The molecule has 138 valence electrons. The lowest BCUT2D eigenvalue weighted by Crippen LogP contribution is -2.42. The first-order valence-corrected chi connectivity index (χ1v) is 9.04. The number of rotatable bonds is 2. The van der Waals surface area contributed by atoms with Gasteiger partial charge in [-0.25, -0.2) is 0 Å². The van der Waals surface area contributed by atoms with Crippen LogP contribution in [-0.4, -0.2) is 16.4 Å². The van der Waals surface area contributed by atoms with Crippen molar-refractivity contribution in [3.63, 3.8) is 0 Å². The molecule has 1 heterocycles. The Kier molecular flexibility index (Phi) is 4.06. The number of nitro groups is 1. The number of hydrogen-bond donors (Lipinski definition) is 1. The zero-order chi connectivity index (χ0) is 19.2. The molecule has 1 fully saturated rings. The van der Waals surface area contributed by atoms with E-state index in [0.717, 1.165) is 29.1 Å². The number of aliphatic imine (C=N–C) groups is 1. The Morgan fingerprint density at radius 3 is 2.70 bits per heavy atom. The molecule has 1 N–H and O–H groups in total. The molecular formula is C21H21N3O3. The molecular weight excluding hydrogens is 342 g/mol. The normalized spacial score (nSPS) is 23.3. The Balaban J connectivity index is 1.86. The Bertz CT molecular complexity index is 965. The van der Waals surface area contributed by atoms with Crippen molar-refractivity contribution in [1.29, 1.82) is 0 Å². The van der Waals surface area contributed by atoms with Crippen molar-refractivity contribution in [2.45, 2.75) is 32.7 Å². The van der Waals surface area contributed by atoms with E-state index in [1.807, 2.05) is 30.3 Å². The predicted octanol–water partition coefficient (Wildman–Crippen LogP) is 4.84. The second kappa shape index (κ2) is 6.30. The Morgan fingerprint density at radius 1 is 1.15 bits per heavy atom. The maximum absolute atomic E-state index is 13.1. The van der Waals surface area contributed by atoms with Gasteiger partial charge in [0.2, 0.25) is 0 Å². The Hall–Kier alpha value is -3.02. The van der Waals surface area contributed by atoms with E-state index in [1.54, 1.807) is 12.1 Å². The molecule has 27 heavy (non-hydrogen) atoms. The first kappa shape index (κ1) is 17.4. The molecule has 0 bridgehead atoms. The minimum absolute atomic E-state index is 0.0221. The van der Waals surface area contributed by atoms with Crippen molar-refractivity contribution in [2.75, 3.05) is 5.32 Å². The van der Waals surface area contributed by atoms with Gasteiger partial charge < -0.3 is 5.32 Å². The van der Waals surface area contributed by atoms with Gasteiger partial charge >= 0.3 is 0 Å². The molecule has 2 aliphatic rings. The average molecular weight is 363 g/mol. The second-order valence-electron chi connectivity index (χ2n) is 8.06. The summed E-state index contributed by atoms with van der Waals surface area (Å²) in [6.07, 6.45) is 1.20. The van der Waals surface area contributed by atoms with Crippen LogP contribution in [0.15, 0.2) is 53.5 Å². The number of carbonyl (C=O) groups excluding carboxylic acids is 1. The van der Waals surface area contributed by atoms with Crippen molar-refractivity contribution >= 4 is 28.6 Å². The summed E-state index contributed by atoms with van der Waals surface area (Å²) in [4.78, 5) is 28.8. The van der Waals surface area contributed by atoms with E-state index in [2.05, 4.69) is 19.2 Å². The molecule has 0 saturated heterocycles. The lowest BCUT2D eigenvalue weighted by atomic mass is 9.68. The van der Waals surface area contributed by atoms with Crippen LogP contribution < -0.4 is 5.32 Å². The zero-order valence-corrected chi connectivity index (χ0v) is 15.3. The van der Waals surface area contributed by atoms with Gasteiger partial charge in [-0.2, -0.15) is 0 Å². The third-order valence-electron chi connectivity index (χ3n) is 5.27. The summed E-state index contributed by atoms with van der Waals surface area (Å²) >= 11 is 0. The fraction of sp³-hybridized carbons (Fsp3) is 0.333. The maximum atomic E-state index is 13.1. The molecule has 2 unspecified atom stereocenters. The van der Waals surface area contributed by atoms with E-state index in [0.29, 0.717) is 6.42 Å². The van der Waals surface area contributed by atoms with E-state index in [-0.39, 0.29) is 22.9 Å². The number of Topliss-reactive ketones (excluding diaryl/α,β-unsaturated/α-hetero) is 1. The van der Waals surface area contributed by atoms with Gasteiger partial charge in [-0.05, 0) is 29.5 Å². The number of nitro benzene ring substituents is 1. The molecule has 1 aliphatic carbocycles. The predicted molar refractivity (Wildman–Crippen MR) is 105 cm³/mol. The highest BCUT2D eigenvalue weighted by atomic mass is 16.6. The lowest BCUT2D eigenvalue weighted by Gasteiger charge is -2.37. The van der Waals surface area contributed by atoms with Gasteiger partial charge in [0.1, 0.15) is 5.78 Å². The van der Waals surface area contributed by atoms with Crippen LogP contribution in [0, 0.1) is 21.4 Å². The molecule has 2 aromatic carbocycles. The van der Waals surface area contributed by atoms with Gasteiger partial charge in [-0.15, -0.1) is 0 Å². The quantitative estimate of drug-likeness (QED) is 0.611. The van der Waals surface area contributed by atoms with Crippen molar-refractivity contribution in [1.82, 2.24) is 0 Å². The number of non-ortho nitro benzene ring substituents is 1. The minimum Gasteiger partial charge on any atom is -0.375 e. The van der Waals surface area contributed by atoms with Crippen molar-refractivity contribution in [3.8, 4) is 0 Å². The SMILES string of the molecule is CC1(C)CC(=O)C2C(=Nc3ccccc3NC2c2cccc([N+](=O)[O-])c2)C1. The van der Waals surface area contributed by atoms with Gasteiger partial charge in [0.15, 0.2) is 0 Å². The molecule has 0 spiro atoms. The van der Waals surface area contributed by atoms with E-state index < -0.39 is 10.8 Å². The van der Waals surface area contributed by atoms with Crippen LogP contribution >= 0.6 is 0 Å². The van der Waals surface area contributed by atoms with Crippen LogP contribution in [0.4, 0.5) is 17.1 Å². The first-order valence-electron chi connectivity index (χ1n) is 9.04. The van der Waals surface area contributed by atoms with E-state index >= 15 is 0 Å². The summed E-state index contributed by atoms with van der Waals surface area (Å²) in [5.41, 5.74) is 3.10. The number of benzene rings is 2. The molecule has 6 heteroatoms. The average Bonchev–Trinajstić information content (AvgIpc) is 2.77. The van der Waals surface area contributed by atoms with Crippen LogP contribution in [0.3, 0.4) is 0 Å². The fourth-order valence-corrected chi connectivity index (χ4v) is 4.12. The highest BCUT2D eigenvalue weighted by molar-refractivity contribution is 6.10. The fourth-order valence-electron chi connectivity index (χ4n) is 4.12. The summed E-state index contributed by atoms with van der Waals surface area (Å²) in [5, 5.41) is 14.7. The molecule has 0 amide bonds. The lowest BCUT2D eigenvalue weighted by molar-refractivity contribution is -0.384. The molecule has 1 aliphatic heterocycles. The third kappa shape index (κ3) is 3.23. The van der Waals surface area contributed by atoms with Gasteiger partial charge in [0.25, 0.3) is 5.69 Å². The van der Waals surface area contributed by atoms with Crippen LogP contribution in [0.1, 0.15) is 38.3 Å². The van der Waals surface area contributed by atoms with E-state index in [4.69, 9.17) is 4.99 Å². The number of carbonyl (C=O) groups is 1. The van der Waals surface area contributed by atoms with E-state index in [1.165, 1.54) is 6.07 Å². The zero-order valence-electron chi connectivity index (χ0n) is 15.3. The molecule has 0 aromatic heterocycles. The smallest absolute Gasteiger partial charge is 0.269 e. The van der Waals surface area contributed by atoms with E-state index in [9.17, 15) is 14.9 Å². The molecule has 4 rings (SSSR count). The standard InChI is InChI=1S/C21H21N3O3/c1-21(2)11-17-19(18(25)12-21)20(13-6-5-7-14(10-13)24(26)27)23-16-9-4-3-8-15(16)22-17/h3-10,19-20,23H,11-12H2,1-2H3. The summed E-state index contributed by atoms with van der Waals surface area (Å²) < 4.78 is 0. The van der Waals surface area contributed by atoms with Gasteiger partial charge in [0, 0.05) is 24.3 Å². The Labute approximate surface area is 157 Å².